The normalized spacial score (nSPS) is 11.4. The minimum Gasteiger partial charge on any atom is -0.478 e. The van der Waals surface area contributed by atoms with Gasteiger partial charge in [-0.15, -0.1) is 0 Å². The van der Waals surface area contributed by atoms with E-state index in [0.717, 1.165) is 21.2 Å². The Morgan fingerprint density at radius 1 is 1.29 bits per heavy atom. The van der Waals surface area contributed by atoms with Gasteiger partial charge in [-0.05, 0) is 51.8 Å². The first-order chi connectivity index (χ1) is 7.66. The van der Waals surface area contributed by atoms with Crippen molar-refractivity contribution < 1.29 is 14.6 Å². The number of rotatable bonds is 3. The van der Waals surface area contributed by atoms with Crippen molar-refractivity contribution >= 4 is 21.9 Å². The van der Waals surface area contributed by atoms with Crippen LogP contribution in [-0.4, -0.2) is 16.7 Å². The molecule has 0 fully saturated rings. The molecule has 1 aromatic rings. The highest BCUT2D eigenvalue weighted by molar-refractivity contribution is 9.10. The zero-order valence-electron chi connectivity index (χ0n) is 10.7. The highest BCUT2D eigenvalue weighted by Gasteiger charge is 2.30. The third kappa shape index (κ3) is 2.80. The number of carboxylic acids is 1. The van der Waals surface area contributed by atoms with Gasteiger partial charge in [-0.3, -0.25) is 0 Å². The van der Waals surface area contributed by atoms with Crippen molar-refractivity contribution in [3.63, 3.8) is 0 Å². The zero-order valence-corrected chi connectivity index (χ0v) is 12.3. The van der Waals surface area contributed by atoms with Crippen molar-refractivity contribution in [3.8, 4) is 5.75 Å². The van der Waals surface area contributed by atoms with E-state index >= 15 is 0 Å². The molecule has 0 amide bonds. The average Bonchev–Trinajstić information content (AvgIpc) is 2.22. The highest BCUT2D eigenvalue weighted by Crippen LogP contribution is 2.33. The van der Waals surface area contributed by atoms with Crippen LogP contribution in [0, 0.1) is 20.8 Å². The molecule has 0 unspecified atom stereocenters. The van der Waals surface area contributed by atoms with Crippen LogP contribution in [0.25, 0.3) is 0 Å². The number of hydrogen-bond donors (Lipinski definition) is 1. The summed E-state index contributed by atoms with van der Waals surface area (Å²) in [4.78, 5) is 11.0. The monoisotopic (exact) mass is 300 g/mol. The van der Waals surface area contributed by atoms with E-state index < -0.39 is 11.6 Å². The van der Waals surface area contributed by atoms with Crippen LogP contribution in [0.4, 0.5) is 0 Å². The number of carbonyl (C=O) groups is 1. The van der Waals surface area contributed by atoms with Gasteiger partial charge < -0.3 is 9.84 Å². The van der Waals surface area contributed by atoms with Gasteiger partial charge in [-0.25, -0.2) is 4.79 Å². The number of ether oxygens (including phenoxy) is 1. The maximum Gasteiger partial charge on any atom is 0.347 e. The minimum atomic E-state index is -1.23. The van der Waals surface area contributed by atoms with E-state index in [0.29, 0.717) is 5.75 Å². The summed E-state index contributed by atoms with van der Waals surface area (Å²) in [5.74, 6) is -0.376. The lowest BCUT2D eigenvalue weighted by atomic mass is 10.0. The molecule has 0 saturated heterocycles. The lowest BCUT2D eigenvalue weighted by molar-refractivity contribution is -0.152. The maximum absolute atomic E-state index is 11.0. The van der Waals surface area contributed by atoms with Gasteiger partial charge in [0.05, 0.1) is 0 Å². The lowest BCUT2D eigenvalue weighted by Crippen LogP contribution is -2.38. The summed E-state index contributed by atoms with van der Waals surface area (Å²) in [6, 6.07) is 1.88. The van der Waals surface area contributed by atoms with Crippen molar-refractivity contribution in [1.82, 2.24) is 0 Å². The Balaban J connectivity index is 3.21. The van der Waals surface area contributed by atoms with Crippen LogP contribution in [0.3, 0.4) is 0 Å². The Morgan fingerprint density at radius 2 is 1.82 bits per heavy atom. The second-order valence-corrected chi connectivity index (χ2v) is 5.47. The molecule has 0 bridgehead atoms. The summed E-state index contributed by atoms with van der Waals surface area (Å²) in [5, 5.41) is 9.05. The molecule has 94 valence electrons. The van der Waals surface area contributed by atoms with Crippen molar-refractivity contribution in [2.24, 2.45) is 0 Å². The Bertz CT molecular complexity index is 464. The molecule has 0 spiro atoms. The molecule has 0 heterocycles. The van der Waals surface area contributed by atoms with Gasteiger partial charge in [0.2, 0.25) is 0 Å². The Labute approximate surface area is 110 Å². The molecule has 0 atom stereocenters. The van der Waals surface area contributed by atoms with Crippen LogP contribution in [0.5, 0.6) is 5.75 Å². The van der Waals surface area contributed by atoms with E-state index in [2.05, 4.69) is 15.9 Å². The molecule has 0 aliphatic heterocycles. The molecule has 4 heteroatoms. The maximum atomic E-state index is 11.0. The largest absolute Gasteiger partial charge is 0.478 e. The van der Waals surface area contributed by atoms with Crippen LogP contribution >= 0.6 is 15.9 Å². The Kier molecular flexibility index (Phi) is 3.87. The van der Waals surface area contributed by atoms with Gasteiger partial charge in [0.15, 0.2) is 5.60 Å². The minimum absolute atomic E-state index is 0.604. The van der Waals surface area contributed by atoms with Crippen molar-refractivity contribution in [2.45, 2.75) is 40.2 Å². The summed E-state index contributed by atoms with van der Waals surface area (Å²) >= 11 is 3.50. The zero-order chi connectivity index (χ0) is 13.4. The molecule has 17 heavy (non-hydrogen) atoms. The van der Waals surface area contributed by atoms with Crippen LogP contribution < -0.4 is 4.74 Å². The average molecular weight is 301 g/mol. The second kappa shape index (κ2) is 4.69. The predicted molar refractivity (Wildman–Crippen MR) is 70.7 cm³/mol. The Morgan fingerprint density at radius 3 is 2.29 bits per heavy atom. The second-order valence-electron chi connectivity index (χ2n) is 4.67. The first-order valence-corrected chi connectivity index (χ1v) is 6.15. The molecule has 0 saturated carbocycles. The summed E-state index contributed by atoms with van der Waals surface area (Å²) < 4.78 is 6.55. The van der Waals surface area contributed by atoms with Gasteiger partial charge >= 0.3 is 5.97 Å². The lowest BCUT2D eigenvalue weighted by Gasteiger charge is -2.24. The first-order valence-electron chi connectivity index (χ1n) is 5.35. The van der Waals surface area contributed by atoms with Crippen LogP contribution in [0.15, 0.2) is 10.5 Å². The standard InChI is InChI=1S/C13H17BrO3/c1-7-6-10(9(3)11(14)8(7)2)17-13(4,5)12(15)16/h6H,1-5H3,(H,15,16). The van der Waals surface area contributed by atoms with Gasteiger partial charge in [0, 0.05) is 10.0 Å². The summed E-state index contributed by atoms with van der Waals surface area (Å²) in [6.45, 7) is 8.97. The van der Waals surface area contributed by atoms with Gasteiger partial charge in [0.1, 0.15) is 5.75 Å². The predicted octanol–water partition coefficient (Wildman–Crippen LogP) is 3.62. The van der Waals surface area contributed by atoms with E-state index in [1.54, 1.807) is 0 Å². The van der Waals surface area contributed by atoms with Crippen molar-refractivity contribution in [3.05, 3.63) is 27.2 Å². The van der Waals surface area contributed by atoms with Gasteiger partial charge in [0.25, 0.3) is 0 Å². The summed E-state index contributed by atoms with van der Waals surface area (Å²) in [7, 11) is 0. The molecule has 0 radical (unpaired) electrons. The molecule has 1 N–H and O–H groups in total. The van der Waals surface area contributed by atoms with Crippen molar-refractivity contribution in [1.29, 1.82) is 0 Å². The number of hydrogen-bond acceptors (Lipinski definition) is 2. The third-order valence-electron chi connectivity index (χ3n) is 2.85. The summed E-state index contributed by atoms with van der Waals surface area (Å²) in [6.07, 6.45) is 0. The van der Waals surface area contributed by atoms with E-state index in [-0.39, 0.29) is 0 Å². The molecule has 1 aromatic carbocycles. The molecule has 0 aliphatic carbocycles. The number of aliphatic carboxylic acids is 1. The smallest absolute Gasteiger partial charge is 0.347 e. The van der Waals surface area contributed by atoms with Crippen molar-refractivity contribution in [2.75, 3.05) is 0 Å². The SMILES string of the molecule is Cc1cc(OC(C)(C)C(=O)O)c(C)c(Br)c1C. The number of halogens is 1. The summed E-state index contributed by atoms with van der Waals surface area (Å²) in [5.41, 5.74) is 1.90. The number of benzene rings is 1. The van der Waals surface area contributed by atoms with Crippen LogP contribution in [0.2, 0.25) is 0 Å². The highest BCUT2D eigenvalue weighted by atomic mass is 79.9. The fourth-order valence-corrected chi connectivity index (χ4v) is 1.91. The fourth-order valence-electron chi connectivity index (χ4n) is 1.40. The topological polar surface area (TPSA) is 46.5 Å². The van der Waals surface area contributed by atoms with Crippen LogP contribution in [-0.2, 0) is 4.79 Å². The fraction of sp³-hybridized carbons (Fsp3) is 0.462. The first kappa shape index (κ1) is 14.0. The van der Waals surface area contributed by atoms with Gasteiger partial charge in [-0.2, -0.15) is 0 Å². The van der Waals surface area contributed by atoms with Crippen LogP contribution in [0.1, 0.15) is 30.5 Å². The molecule has 3 nitrogen and oxygen atoms in total. The van der Waals surface area contributed by atoms with E-state index in [9.17, 15) is 4.79 Å². The number of aryl methyl sites for hydroxylation is 1. The third-order valence-corrected chi connectivity index (χ3v) is 4.04. The van der Waals surface area contributed by atoms with E-state index in [4.69, 9.17) is 9.84 Å². The van der Waals surface area contributed by atoms with E-state index in [1.165, 1.54) is 13.8 Å². The van der Waals surface area contributed by atoms with Gasteiger partial charge in [-0.1, -0.05) is 15.9 Å². The quantitative estimate of drug-likeness (QED) is 0.927. The molecular weight excluding hydrogens is 284 g/mol. The molecule has 0 aromatic heterocycles. The molecule has 1 rings (SSSR count). The Hall–Kier alpha value is -1.03. The van der Waals surface area contributed by atoms with E-state index in [1.807, 2.05) is 26.8 Å². The molecular formula is C13H17BrO3. The molecule has 0 aliphatic rings. The number of carboxylic acid groups (broad SMARTS) is 1.